The van der Waals surface area contributed by atoms with Gasteiger partial charge in [-0.1, -0.05) is 0 Å². The Labute approximate surface area is 123 Å². The molecule has 0 saturated carbocycles. The quantitative estimate of drug-likeness (QED) is 0.586. The van der Waals surface area contributed by atoms with E-state index in [4.69, 9.17) is 4.74 Å². The highest BCUT2D eigenvalue weighted by atomic mass is 32.2. The molecule has 0 fully saturated rings. The van der Waals surface area contributed by atoms with Crippen molar-refractivity contribution in [3.05, 3.63) is 17.0 Å². The number of aromatic amines is 1. The van der Waals surface area contributed by atoms with Crippen molar-refractivity contribution < 1.29 is 17.9 Å². The number of carbonyl (C=O) groups excluding carboxylic acids is 1. The first kappa shape index (κ1) is 17.1. The van der Waals surface area contributed by atoms with Crippen LogP contribution in [0, 0.1) is 13.8 Å². The molecule has 8 heteroatoms. The predicted molar refractivity (Wildman–Crippen MR) is 79.8 cm³/mol. The van der Waals surface area contributed by atoms with Crippen molar-refractivity contribution in [2.75, 3.05) is 25.2 Å². The molecule has 0 aliphatic rings. The molecule has 0 radical (unpaired) electrons. The molecule has 0 spiro atoms. The fourth-order valence-electron chi connectivity index (χ4n) is 1.89. The van der Waals surface area contributed by atoms with Gasteiger partial charge in [-0.05, 0) is 27.0 Å². The zero-order valence-corrected chi connectivity index (χ0v) is 13.7. The van der Waals surface area contributed by atoms with E-state index in [0.717, 1.165) is 0 Å². The highest BCUT2D eigenvalue weighted by molar-refractivity contribution is 7.98. The van der Waals surface area contributed by atoms with Gasteiger partial charge in [-0.3, -0.25) is 0 Å². The topological polar surface area (TPSA) is 88.3 Å². The molecule has 0 unspecified atom stereocenters. The predicted octanol–water partition coefficient (Wildman–Crippen LogP) is 1.45. The van der Waals surface area contributed by atoms with Crippen molar-refractivity contribution in [3.63, 3.8) is 0 Å². The van der Waals surface area contributed by atoms with Crippen LogP contribution in [-0.4, -0.2) is 44.5 Å². The van der Waals surface area contributed by atoms with Crippen LogP contribution in [0.1, 0.15) is 28.7 Å². The molecule has 1 rings (SSSR count). The minimum atomic E-state index is -3.62. The number of rotatable bonds is 7. The fraction of sp³-hybridized carbons (Fsp3) is 0.583. The van der Waals surface area contributed by atoms with Crippen molar-refractivity contribution in [3.8, 4) is 0 Å². The maximum atomic E-state index is 12.2. The number of nitrogens with one attached hydrogen (secondary N) is 2. The molecule has 114 valence electrons. The molecule has 2 N–H and O–H groups in total. The average Bonchev–Trinajstić information content (AvgIpc) is 2.66. The lowest BCUT2D eigenvalue weighted by atomic mass is 10.2. The van der Waals surface area contributed by atoms with Gasteiger partial charge in [0.2, 0.25) is 10.0 Å². The SMILES string of the molecule is CCOC(=O)c1[nH]c(C)c(S(=O)(=O)NCCSC)c1C. The summed E-state index contributed by atoms with van der Waals surface area (Å²) >= 11 is 1.55. The van der Waals surface area contributed by atoms with Gasteiger partial charge in [0.05, 0.1) is 6.61 Å². The molecule has 20 heavy (non-hydrogen) atoms. The van der Waals surface area contributed by atoms with Crippen molar-refractivity contribution in [2.45, 2.75) is 25.7 Å². The normalized spacial score (nSPS) is 11.6. The lowest BCUT2D eigenvalue weighted by molar-refractivity contribution is 0.0519. The summed E-state index contributed by atoms with van der Waals surface area (Å²) < 4.78 is 31.9. The van der Waals surface area contributed by atoms with Gasteiger partial charge >= 0.3 is 5.97 Å². The van der Waals surface area contributed by atoms with Crippen LogP contribution in [0.25, 0.3) is 0 Å². The van der Waals surface area contributed by atoms with Crippen LogP contribution in [0.4, 0.5) is 0 Å². The Balaban J connectivity index is 3.10. The molecule has 0 aliphatic carbocycles. The number of carbonyl (C=O) groups is 1. The van der Waals surface area contributed by atoms with Crippen LogP contribution in [0.3, 0.4) is 0 Å². The molecule has 1 aromatic rings. The molecule has 6 nitrogen and oxygen atoms in total. The van der Waals surface area contributed by atoms with Crippen molar-refractivity contribution >= 4 is 27.8 Å². The Kier molecular flexibility index (Phi) is 6.09. The largest absolute Gasteiger partial charge is 0.461 e. The van der Waals surface area contributed by atoms with E-state index in [0.29, 0.717) is 23.6 Å². The monoisotopic (exact) mass is 320 g/mol. The lowest BCUT2D eigenvalue weighted by Crippen LogP contribution is -2.26. The van der Waals surface area contributed by atoms with E-state index >= 15 is 0 Å². The number of hydrogen-bond donors (Lipinski definition) is 2. The highest BCUT2D eigenvalue weighted by Gasteiger charge is 2.26. The van der Waals surface area contributed by atoms with Gasteiger partial charge in [-0.15, -0.1) is 0 Å². The third-order valence-corrected chi connectivity index (χ3v) is 5.06. The second kappa shape index (κ2) is 7.14. The van der Waals surface area contributed by atoms with Gasteiger partial charge in [0.1, 0.15) is 10.6 Å². The van der Waals surface area contributed by atoms with E-state index in [-0.39, 0.29) is 17.2 Å². The molecule has 0 bridgehead atoms. The summed E-state index contributed by atoms with van der Waals surface area (Å²) in [7, 11) is -3.62. The van der Waals surface area contributed by atoms with Crippen LogP contribution < -0.4 is 4.72 Å². The zero-order chi connectivity index (χ0) is 15.3. The fourth-order valence-corrected chi connectivity index (χ4v) is 3.80. The molecule has 0 aromatic carbocycles. The van der Waals surface area contributed by atoms with Gasteiger partial charge in [0.15, 0.2) is 0 Å². The molecule has 0 atom stereocenters. The first-order chi connectivity index (χ1) is 9.35. The Morgan fingerprint density at radius 2 is 2.05 bits per heavy atom. The van der Waals surface area contributed by atoms with Crippen molar-refractivity contribution in [1.82, 2.24) is 9.71 Å². The summed E-state index contributed by atoms with van der Waals surface area (Å²) in [5.41, 5.74) is 1.01. The maximum Gasteiger partial charge on any atom is 0.355 e. The smallest absolute Gasteiger partial charge is 0.355 e. The van der Waals surface area contributed by atoms with E-state index in [2.05, 4.69) is 9.71 Å². The van der Waals surface area contributed by atoms with Gasteiger partial charge in [-0.2, -0.15) is 11.8 Å². The molecule has 1 aromatic heterocycles. The number of thioether (sulfide) groups is 1. The number of aryl methyl sites for hydroxylation is 1. The highest BCUT2D eigenvalue weighted by Crippen LogP contribution is 2.23. The molecular weight excluding hydrogens is 300 g/mol. The number of H-pyrrole nitrogens is 1. The van der Waals surface area contributed by atoms with Gasteiger partial charge in [0.25, 0.3) is 0 Å². The number of sulfonamides is 1. The maximum absolute atomic E-state index is 12.2. The van der Waals surface area contributed by atoms with E-state index < -0.39 is 16.0 Å². The Morgan fingerprint density at radius 3 is 2.60 bits per heavy atom. The molecular formula is C12H20N2O4S2. The van der Waals surface area contributed by atoms with Crippen molar-refractivity contribution in [2.24, 2.45) is 0 Å². The Hall–Kier alpha value is -0.990. The van der Waals surface area contributed by atoms with Gasteiger partial charge < -0.3 is 9.72 Å². The van der Waals surface area contributed by atoms with Crippen LogP contribution in [0.2, 0.25) is 0 Å². The van der Waals surface area contributed by atoms with Gasteiger partial charge in [-0.25, -0.2) is 17.9 Å². The number of ether oxygens (including phenoxy) is 1. The lowest BCUT2D eigenvalue weighted by Gasteiger charge is -2.07. The molecule has 0 aliphatic heterocycles. The minimum Gasteiger partial charge on any atom is -0.461 e. The van der Waals surface area contributed by atoms with Crippen LogP contribution in [-0.2, 0) is 14.8 Å². The molecule has 0 saturated heterocycles. The van der Waals surface area contributed by atoms with E-state index in [9.17, 15) is 13.2 Å². The van der Waals surface area contributed by atoms with E-state index in [1.54, 1.807) is 32.5 Å². The van der Waals surface area contributed by atoms with E-state index in [1.807, 2.05) is 6.26 Å². The third-order valence-electron chi connectivity index (χ3n) is 2.72. The Morgan fingerprint density at radius 1 is 1.40 bits per heavy atom. The average molecular weight is 320 g/mol. The summed E-state index contributed by atoms with van der Waals surface area (Å²) in [6.07, 6.45) is 1.90. The number of hydrogen-bond acceptors (Lipinski definition) is 5. The Bertz CT molecular complexity index is 579. The first-order valence-electron chi connectivity index (χ1n) is 6.20. The van der Waals surface area contributed by atoms with Gasteiger partial charge in [0, 0.05) is 23.6 Å². The zero-order valence-electron chi connectivity index (χ0n) is 12.1. The van der Waals surface area contributed by atoms with Crippen molar-refractivity contribution in [1.29, 1.82) is 0 Å². The molecule has 0 amide bonds. The summed E-state index contributed by atoms with van der Waals surface area (Å²) in [5, 5.41) is 0. The summed E-state index contributed by atoms with van der Waals surface area (Å²) in [5.74, 6) is 0.144. The summed E-state index contributed by atoms with van der Waals surface area (Å²) in [4.78, 5) is 14.7. The third kappa shape index (κ3) is 3.77. The second-order valence-corrected chi connectivity index (χ2v) is 6.88. The standard InChI is InChI=1S/C12H20N2O4S2/c1-5-18-12(15)10-8(2)11(9(3)14-10)20(16,17)13-6-7-19-4/h13-14H,5-7H2,1-4H3. The summed E-state index contributed by atoms with van der Waals surface area (Å²) in [6.45, 7) is 5.51. The van der Waals surface area contributed by atoms with Crippen LogP contribution >= 0.6 is 11.8 Å². The van der Waals surface area contributed by atoms with E-state index in [1.165, 1.54) is 0 Å². The van der Waals surface area contributed by atoms with Crippen LogP contribution in [0.5, 0.6) is 0 Å². The number of esters is 1. The first-order valence-corrected chi connectivity index (χ1v) is 9.07. The van der Waals surface area contributed by atoms with Crippen LogP contribution in [0.15, 0.2) is 4.90 Å². The summed E-state index contributed by atoms with van der Waals surface area (Å²) in [6, 6.07) is 0. The second-order valence-electron chi connectivity index (χ2n) is 4.19. The molecule has 1 heterocycles. The number of aromatic nitrogens is 1. The minimum absolute atomic E-state index is 0.127.